The second-order valence-electron chi connectivity index (χ2n) is 5.50. The van der Waals surface area contributed by atoms with Crippen molar-refractivity contribution in [1.82, 2.24) is 10.3 Å². The molecule has 0 spiro atoms. The van der Waals surface area contributed by atoms with Crippen molar-refractivity contribution in [2.75, 3.05) is 7.11 Å². The summed E-state index contributed by atoms with van der Waals surface area (Å²) in [7, 11) is 1.34. The average Bonchev–Trinajstić information content (AvgIpc) is 2.54. The standard InChI is InChI=1S/C17H20N2O3/c1-4-17(2,11-15(20)22-3)19-16(21)13-7-5-9-14-12(13)8-6-10-18-14/h5-10H,4,11H2,1-3H3,(H,19,21)/t17-/m0/s1. The topological polar surface area (TPSA) is 68.3 Å². The Bertz CT molecular complexity index is 694. The normalized spacial score (nSPS) is 13.4. The molecule has 1 heterocycles. The number of nitrogens with one attached hydrogen (secondary N) is 1. The Morgan fingerprint density at radius 3 is 2.73 bits per heavy atom. The molecule has 1 aromatic heterocycles. The van der Waals surface area contributed by atoms with Gasteiger partial charge in [0.1, 0.15) is 0 Å². The van der Waals surface area contributed by atoms with Gasteiger partial charge in [0.05, 0.1) is 19.0 Å². The number of hydrogen-bond acceptors (Lipinski definition) is 4. The summed E-state index contributed by atoms with van der Waals surface area (Å²) < 4.78 is 4.71. The molecule has 0 unspecified atom stereocenters. The zero-order valence-corrected chi connectivity index (χ0v) is 13.1. The molecule has 2 aromatic rings. The number of rotatable bonds is 5. The van der Waals surface area contributed by atoms with Crippen LogP contribution in [0.25, 0.3) is 10.9 Å². The average molecular weight is 300 g/mol. The second kappa shape index (κ2) is 6.56. The van der Waals surface area contributed by atoms with Crippen LogP contribution in [-0.4, -0.2) is 29.5 Å². The van der Waals surface area contributed by atoms with Gasteiger partial charge in [-0.15, -0.1) is 0 Å². The highest BCUT2D eigenvalue weighted by molar-refractivity contribution is 6.06. The maximum atomic E-state index is 12.6. The molecule has 0 saturated heterocycles. The van der Waals surface area contributed by atoms with E-state index in [1.165, 1.54) is 7.11 Å². The van der Waals surface area contributed by atoms with Crippen molar-refractivity contribution in [1.29, 1.82) is 0 Å². The zero-order chi connectivity index (χ0) is 16.2. The molecule has 0 aliphatic heterocycles. The van der Waals surface area contributed by atoms with Crippen molar-refractivity contribution in [2.45, 2.75) is 32.2 Å². The van der Waals surface area contributed by atoms with Crippen molar-refractivity contribution in [3.05, 3.63) is 42.1 Å². The molecule has 2 rings (SSSR count). The highest BCUT2D eigenvalue weighted by Gasteiger charge is 2.29. The van der Waals surface area contributed by atoms with Gasteiger partial charge in [0.15, 0.2) is 0 Å². The minimum atomic E-state index is -0.644. The summed E-state index contributed by atoms with van der Waals surface area (Å²) in [6.07, 6.45) is 2.45. The molecular weight excluding hydrogens is 280 g/mol. The van der Waals surface area contributed by atoms with Crippen LogP contribution in [0.15, 0.2) is 36.5 Å². The Hall–Kier alpha value is -2.43. The van der Waals surface area contributed by atoms with Crippen LogP contribution in [0.4, 0.5) is 0 Å². The van der Waals surface area contributed by atoms with Crippen LogP contribution in [0.5, 0.6) is 0 Å². The Labute approximate surface area is 129 Å². The van der Waals surface area contributed by atoms with E-state index < -0.39 is 5.54 Å². The quantitative estimate of drug-likeness (QED) is 0.862. The van der Waals surface area contributed by atoms with Gasteiger partial charge >= 0.3 is 5.97 Å². The van der Waals surface area contributed by atoms with Crippen LogP contribution in [0, 0.1) is 0 Å². The number of nitrogens with zero attached hydrogens (tertiary/aromatic N) is 1. The number of carbonyl (C=O) groups is 2. The molecule has 1 N–H and O–H groups in total. The summed E-state index contributed by atoms with van der Waals surface area (Å²) in [5.41, 5.74) is 0.672. The summed E-state index contributed by atoms with van der Waals surface area (Å²) in [4.78, 5) is 28.4. The van der Waals surface area contributed by atoms with Crippen LogP contribution in [-0.2, 0) is 9.53 Å². The van der Waals surface area contributed by atoms with Crippen LogP contribution in [0.2, 0.25) is 0 Å². The minimum Gasteiger partial charge on any atom is -0.469 e. The van der Waals surface area contributed by atoms with E-state index >= 15 is 0 Å². The Balaban J connectivity index is 2.28. The monoisotopic (exact) mass is 300 g/mol. The Kier molecular flexibility index (Phi) is 4.75. The van der Waals surface area contributed by atoms with E-state index in [1.54, 1.807) is 24.4 Å². The second-order valence-corrected chi connectivity index (χ2v) is 5.50. The lowest BCUT2D eigenvalue weighted by Gasteiger charge is -2.28. The predicted molar refractivity (Wildman–Crippen MR) is 84.5 cm³/mol. The number of amides is 1. The van der Waals surface area contributed by atoms with Crippen molar-refractivity contribution in [3.63, 3.8) is 0 Å². The number of benzene rings is 1. The highest BCUT2D eigenvalue weighted by Crippen LogP contribution is 2.20. The number of ether oxygens (including phenoxy) is 1. The third kappa shape index (κ3) is 3.42. The molecule has 5 heteroatoms. The van der Waals surface area contributed by atoms with Gasteiger partial charge in [-0.1, -0.05) is 19.1 Å². The van der Waals surface area contributed by atoms with Gasteiger partial charge in [0.2, 0.25) is 0 Å². The maximum Gasteiger partial charge on any atom is 0.307 e. The lowest BCUT2D eigenvalue weighted by molar-refractivity contribution is -0.142. The van der Waals surface area contributed by atoms with Gasteiger partial charge in [0, 0.05) is 22.7 Å². The number of pyridine rings is 1. The molecule has 1 atom stereocenters. The molecule has 1 aromatic carbocycles. The van der Waals surface area contributed by atoms with E-state index in [-0.39, 0.29) is 18.3 Å². The molecule has 116 valence electrons. The molecular formula is C17H20N2O3. The van der Waals surface area contributed by atoms with Gasteiger partial charge in [-0.05, 0) is 31.5 Å². The SMILES string of the molecule is CC[C@@](C)(CC(=O)OC)NC(=O)c1cccc2ncccc12. The first-order valence-corrected chi connectivity index (χ1v) is 7.22. The Morgan fingerprint density at radius 2 is 2.05 bits per heavy atom. The van der Waals surface area contributed by atoms with Gasteiger partial charge < -0.3 is 10.1 Å². The lowest BCUT2D eigenvalue weighted by Crippen LogP contribution is -2.47. The van der Waals surface area contributed by atoms with Crippen molar-refractivity contribution >= 4 is 22.8 Å². The van der Waals surface area contributed by atoms with E-state index in [9.17, 15) is 9.59 Å². The molecule has 0 fully saturated rings. The molecule has 0 bridgehead atoms. The van der Waals surface area contributed by atoms with Crippen molar-refractivity contribution in [2.24, 2.45) is 0 Å². The lowest BCUT2D eigenvalue weighted by atomic mass is 9.93. The minimum absolute atomic E-state index is 0.134. The highest BCUT2D eigenvalue weighted by atomic mass is 16.5. The van der Waals surface area contributed by atoms with Crippen molar-refractivity contribution < 1.29 is 14.3 Å². The van der Waals surface area contributed by atoms with Gasteiger partial charge in [0.25, 0.3) is 5.91 Å². The number of hydrogen-bond donors (Lipinski definition) is 1. The zero-order valence-electron chi connectivity index (χ0n) is 13.1. The van der Waals surface area contributed by atoms with Gasteiger partial charge in [-0.25, -0.2) is 0 Å². The molecule has 0 saturated carbocycles. The van der Waals surface area contributed by atoms with Gasteiger partial charge in [-0.3, -0.25) is 14.6 Å². The van der Waals surface area contributed by atoms with E-state index in [1.807, 2.05) is 26.0 Å². The number of aromatic nitrogens is 1. The van der Waals surface area contributed by atoms with E-state index in [0.29, 0.717) is 12.0 Å². The van der Waals surface area contributed by atoms with Crippen LogP contribution >= 0.6 is 0 Å². The summed E-state index contributed by atoms with van der Waals surface area (Å²) in [6.45, 7) is 3.76. The van der Waals surface area contributed by atoms with Crippen molar-refractivity contribution in [3.8, 4) is 0 Å². The first-order chi connectivity index (χ1) is 10.5. The summed E-state index contributed by atoms with van der Waals surface area (Å²) in [6, 6.07) is 9.08. The first-order valence-electron chi connectivity index (χ1n) is 7.22. The summed E-state index contributed by atoms with van der Waals surface area (Å²) in [5, 5.41) is 3.74. The van der Waals surface area contributed by atoms with Crippen LogP contribution in [0.1, 0.15) is 37.0 Å². The smallest absolute Gasteiger partial charge is 0.307 e. The molecule has 0 radical (unpaired) electrons. The summed E-state index contributed by atoms with van der Waals surface area (Å²) >= 11 is 0. The third-order valence-corrected chi connectivity index (χ3v) is 3.85. The fourth-order valence-corrected chi connectivity index (χ4v) is 2.29. The maximum absolute atomic E-state index is 12.6. The molecule has 22 heavy (non-hydrogen) atoms. The molecule has 5 nitrogen and oxygen atoms in total. The molecule has 0 aliphatic rings. The number of esters is 1. The molecule has 1 amide bonds. The largest absolute Gasteiger partial charge is 0.469 e. The van der Waals surface area contributed by atoms with E-state index in [0.717, 1.165) is 10.9 Å². The van der Waals surface area contributed by atoms with Crippen LogP contribution in [0.3, 0.4) is 0 Å². The fraction of sp³-hybridized carbons (Fsp3) is 0.353. The first kappa shape index (κ1) is 15.9. The van der Waals surface area contributed by atoms with E-state index in [4.69, 9.17) is 4.74 Å². The summed E-state index contributed by atoms with van der Waals surface area (Å²) in [5.74, 6) is -0.559. The van der Waals surface area contributed by atoms with E-state index in [2.05, 4.69) is 10.3 Å². The number of methoxy groups -OCH3 is 1. The molecule has 0 aliphatic carbocycles. The number of carbonyl (C=O) groups excluding carboxylic acids is 2. The Morgan fingerprint density at radius 1 is 1.27 bits per heavy atom. The fourth-order valence-electron chi connectivity index (χ4n) is 2.29. The van der Waals surface area contributed by atoms with Crippen LogP contribution < -0.4 is 5.32 Å². The third-order valence-electron chi connectivity index (χ3n) is 3.85. The number of fused-ring (bicyclic) bond motifs is 1. The predicted octanol–water partition coefficient (Wildman–Crippen LogP) is 2.70. The van der Waals surface area contributed by atoms with Gasteiger partial charge in [-0.2, -0.15) is 0 Å².